The maximum absolute atomic E-state index is 6.81. The smallest absolute Gasteiger partial charge is 0.116 e. The fraction of sp³-hybridized carbons (Fsp3) is 0.852. The van der Waals surface area contributed by atoms with Crippen molar-refractivity contribution in [3.05, 3.63) is 24.7 Å². The molecule has 6 rings (SSSR count). The summed E-state index contributed by atoms with van der Waals surface area (Å²) in [6, 6.07) is 0. The SMILES string of the molecule is C1=COC(C2(C3CCCCO3)SCCC(C3CCCO3)C2(C2CC=CO2)C2CCCS2)CC1. The highest BCUT2D eigenvalue weighted by Gasteiger charge is 2.73. The van der Waals surface area contributed by atoms with E-state index in [4.69, 9.17) is 18.9 Å². The van der Waals surface area contributed by atoms with Crippen molar-refractivity contribution in [1.82, 2.24) is 0 Å². The van der Waals surface area contributed by atoms with Crippen molar-refractivity contribution in [3.63, 3.8) is 0 Å². The Morgan fingerprint density at radius 3 is 2.33 bits per heavy atom. The van der Waals surface area contributed by atoms with Crippen LogP contribution in [0.2, 0.25) is 0 Å². The molecule has 0 radical (unpaired) electrons. The lowest BCUT2D eigenvalue weighted by molar-refractivity contribution is -0.170. The largest absolute Gasteiger partial charge is 0.497 e. The van der Waals surface area contributed by atoms with Crippen LogP contribution in [0.3, 0.4) is 0 Å². The zero-order valence-corrected chi connectivity index (χ0v) is 21.5. The van der Waals surface area contributed by atoms with E-state index in [1.165, 1.54) is 56.5 Å². The van der Waals surface area contributed by atoms with Crippen molar-refractivity contribution in [2.45, 2.75) is 105 Å². The first-order valence-corrected chi connectivity index (χ1v) is 15.5. The molecule has 8 atom stereocenters. The summed E-state index contributed by atoms with van der Waals surface area (Å²) < 4.78 is 26.5. The van der Waals surface area contributed by atoms with Gasteiger partial charge in [-0.1, -0.05) is 0 Å². The highest BCUT2D eigenvalue weighted by atomic mass is 32.2. The van der Waals surface area contributed by atoms with Crippen LogP contribution in [0.4, 0.5) is 0 Å². The average molecular weight is 493 g/mol. The van der Waals surface area contributed by atoms with E-state index in [9.17, 15) is 0 Å². The number of allylic oxidation sites excluding steroid dienone is 1. The molecule has 6 aliphatic heterocycles. The Morgan fingerprint density at radius 2 is 1.64 bits per heavy atom. The summed E-state index contributed by atoms with van der Waals surface area (Å²) in [5.41, 5.74) is -0.0204. The number of rotatable bonds is 5. The summed E-state index contributed by atoms with van der Waals surface area (Å²) in [6.07, 6.45) is 22.4. The van der Waals surface area contributed by atoms with Crippen molar-refractivity contribution in [2.75, 3.05) is 24.7 Å². The molecule has 4 fully saturated rings. The molecule has 6 aliphatic rings. The monoisotopic (exact) mass is 492 g/mol. The number of thioether (sulfide) groups is 2. The topological polar surface area (TPSA) is 36.9 Å². The summed E-state index contributed by atoms with van der Waals surface area (Å²) in [5, 5.41) is 0.574. The predicted molar refractivity (Wildman–Crippen MR) is 136 cm³/mol. The van der Waals surface area contributed by atoms with Crippen LogP contribution in [0, 0.1) is 11.3 Å². The van der Waals surface area contributed by atoms with E-state index in [0.29, 0.717) is 17.3 Å². The lowest BCUT2D eigenvalue weighted by Gasteiger charge is -2.66. The molecular weight excluding hydrogens is 452 g/mol. The van der Waals surface area contributed by atoms with Gasteiger partial charge in [-0.25, -0.2) is 0 Å². The Labute approximate surface area is 208 Å². The van der Waals surface area contributed by atoms with Gasteiger partial charge in [-0.15, -0.1) is 11.8 Å². The van der Waals surface area contributed by atoms with Crippen molar-refractivity contribution in [3.8, 4) is 0 Å². The molecule has 6 heterocycles. The van der Waals surface area contributed by atoms with Crippen molar-refractivity contribution < 1.29 is 18.9 Å². The van der Waals surface area contributed by atoms with Crippen molar-refractivity contribution in [2.24, 2.45) is 11.3 Å². The second kappa shape index (κ2) is 9.99. The van der Waals surface area contributed by atoms with Crippen LogP contribution in [-0.4, -0.2) is 59.1 Å². The molecule has 33 heavy (non-hydrogen) atoms. The maximum atomic E-state index is 6.81. The summed E-state index contributed by atoms with van der Waals surface area (Å²) in [5.74, 6) is 2.94. The van der Waals surface area contributed by atoms with E-state index in [1.54, 1.807) is 0 Å². The normalized spacial score (nSPS) is 48.0. The van der Waals surface area contributed by atoms with Crippen LogP contribution in [-0.2, 0) is 18.9 Å². The van der Waals surface area contributed by atoms with E-state index in [1.807, 2.05) is 12.5 Å². The van der Waals surface area contributed by atoms with Crippen LogP contribution in [0.1, 0.15) is 70.6 Å². The van der Waals surface area contributed by atoms with Gasteiger partial charge in [-0.2, -0.15) is 11.8 Å². The van der Waals surface area contributed by atoms with Crippen LogP contribution in [0.25, 0.3) is 0 Å². The van der Waals surface area contributed by atoms with E-state index < -0.39 is 0 Å². The third-order valence-electron chi connectivity index (χ3n) is 9.23. The van der Waals surface area contributed by atoms with Gasteiger partial charge >= 0.3 is 0 Å². The molecule has 184 valence electrons. The first kappa shape index (κ1) is 23.1. The van der Waals surface area contributed by atoms with Crippen LogP contribution in [0.15, 0.2) is 24.7 Å². The summed E-state index contributed by atoms with van der Waals surface area (Å²) in [7, 11) is 0. The molecule has 0 bridgehead atoms. The number of hydrogen-bond donors (Lipinski definition) is 0. The van der Waals surface area contributed by atoms with E-state index in [-0.39, 0.29) is 28.5 Å². The number of ether oxygens (including phenoxy) is 4. The quantitative estimate of drug-likeness (QED) is 0.461. The molecule has 0 aromatic rings. The minimum atomic E-state index is -0.105. The Hall–Kier alpha value is -0.300. The summed E-state index contributed by atoms with van der Waals surface area (Å²) >= 11 is 4.43. The first-order chi connectivity index (χ1) is 16.4. The van der Waals surface area contributed by atoms with E-state index >= 15 is 0 Å². The summed E-state index contributed by atoms with van der Waals surface area (Å²) in [4.78, 5) is 0. The Morgan fingerprint density at radius 1 is 0.727 bits per heavy atom. The standard InChI is InChI=1S/C27H40O4S2/c1-3-14-30-23(9-1)27(24-10-2-4-15-31-24)26(22-11-6-17-29-22,25-12-7-18-32-25)20(13-19-33-27)21-8-5-16-28-21/h3,6,14,17,20-25H,1-2,4-5,7-13,15-16,18-19H2. The Bertz CT molecular complexity index is 714. The van der Waals surface area contributed by atoms with Gasteiger partial charge in [-0.05, 0) is 93.8 Å². The lowest BCUT2D eigenvalue weighted by atomic mass is 9.52. The van der Waals surface area contributed by atoms with Gasteiger partial charge in [0.1, 0.15) is 12.2 Å². The Balaban J connectivity index is 1.55. The minimum Gasteiger partial charge on any atom is -0.497 e. The average Bonchev–Trinajstić information content (AvgIpc) is 3.68. The third kappa shape index (κ3) is 3.72. The van der Waals surface area contributed by atoms with Crippen molar-refractivity contribution in [1.29, 1.82) is 0 Å². The molecular formula is C27H40O4S2. The second-order valence-electron chi connectivity index (χ2n) is 10.7. The molecule has 0 N–H and O–H groups in total. The molecule has 0 aromatic heterocycles. The van der Waals surface area contributed by atoms with E-state index in [0.717, 1.165) is 38.9 Å². The summed E-state index contributed by atoms with van der Waals surface area (Å²) in [6.45, 7) is 1.80. The molecule has 0 saturated carbocycles. The van der Waals surface area contributed by atoms with Gasteiger partial charge < -0.3 is 18.9 Å². The van der Waals surface area contributed by atoms with Gasteiger partial charge in [0.15, 0.2) is 0 Å². The van der Waals surface area contributed by atoms with Crippen molar-refractivity contribution >= 4 is 23.5 Å². The van der Waals surface area contributed by atoms with Crippen LogP contribution >= 0.6 is 23.5 Å². The Kier molecular flexibility index (Phi) is 7.00. The molecule has 8 unspecified atom stereocenters. The van der Waals surface area contributed by atoms with Gasteiger partial charge in [0.2, 0.25) is 0 Å². The molecule has 0 aliphatic carbocycles. The predicted octanol–water partition coefficient (Wildman–Crippen LogP) is 6.10. The van der Waals surface area contributed by atoms with Gasteiger partial charge in [0, 0.05) is 30.3 Å². The molecule has 4 saturated heterocycles. The minimum absolute atomic E-state index is 0.0204. The zero-order chi connectivity index (χ0) is 22.1. The van der Waals surface area contributed by atoms with Gasteiger partial charge in [-0.3, -0.25) is 0 Å². The lowest BCUT2D eigenvalue weighted by Crippen LogP contribution is -2.74. The second-order valence-corrected chi connectivity index (χ2v) is 13.4. The molecule has 6 heteroatoms. The molecule has 0 amide bonds. The molecule has 0 spiro atoms. The molecule has 0 aromatic carbocycles. The van der Waals surface area contributed by atoms with Gasteiger partial charge in [0.05, 0.1) is 29.5 Å². The number of hydrogen-bond acceptors (Lipinski definition) is 6. The maximum Gasteiger partial charge on any atom is 0.116 e. The highest BCUT2D eigenvalue weighted by molar-refractivity contribution is 8.01. The van der Waals surface area contributed by atoms with E-state index in [2.05, 4.69) is 35.7 Å². The van der Waals surface area contributed by atoms with Crippen LogP contribution in [0.5, 0.6) is 0 Å². The zero-order valence-electron chi connectivity index (χ0n) is 19.8. The fourth-order valence-electron chi connectivity index (χ4n) is 8.14. The third-order valence-corrected chi connectivity index (χ3v) is 12.6. The highest BCUT2D eigenvalue weighted by Crippen LogP contribution is 2.68. The fourth-order valence-corrected chi connectivity index (χ4v) is 12.1. The first-order valence-electron chi connectivity index (χ1n) is 13.5. The molecule has 4 nitrogen and oxygen atoms in total. The van der Waals surface area contributed by atoms with Gasteiger partial charge in [0.25, 0.3) is 0 Å². The van der Waals surface area contributed by atoms with Crippen LogP contribution < -0.4 is 0 Å².